The quantitative estimate of drug-likeness (QED) is 0.604. The lowest BCUT2D eigenvalue weighted by molar-refractivity contribution is -0.143. The average Bonchev–Trinajstić information content (AvgIpc) is 2.57. The van der Waals surface area contributed by atoms with Gasteiger partial charge in [0.05, 0.1) is 19.6 Å². The van der Waals surface area contributed by atoms with E-state index in [9.17, 15) is 14.4 Å². The maximum absolute atomic E-state index is 12.6. The largest absolute Gasteiger partial charge is 0.466 e. The predicted molar refractivity (Wildman–Crippen MR) is 86.7 cm³/mol. The van der Waals surface area contributed by atoms with Gasteiger partial charge in [-0.3, -0.25) is 9.59 Å². The zero-order chi connectivity index (χ0) is 17.5. The third-order valence-corrected chi connectivity index (χ3v) is 3.42. The van der Waals surface area contributed by atoms with E-state index < -0.39 is 17.5 Å². The number of carbonyl (C=O) groups is 2. The van der Waals surface area contributed by atoms with E-state index >= 15 is 0 Å². The number of para-hydroxylation sites is 1. The molecule has 0 aliphatic heterocycles. The van der Waals surface area contributed by atoms with Crippen LogP contribution in [0, 0.1) is 0 Å². The molecule has 0 radical (unpaired) electrons. The fraction of sp³-hybridized carbons (Fsp3) is 0.353. The Balaban J connectivity index is 2.24. The molecule has 0 fully saturated rings. The van der Waals surface area contributed by atoms with Gasteiger partial charge in [0.2, 0.25) is 0 Å². The number of amides is 1. The number of rotatable bonds is 7. The van der Waals surface area contributed by atoms with Crippen molar-refractivity contribution >= 4 is 22.8 Å². The highest BCUT2D eigenvalue weighted by Crippen LogP contribution is 2.14. The number of hydrogen-bond acceptors (Lipinski definition) is 6. The van der Waals surface area contributed by atoms with Gasteiger partial charge in [-0.1, -0.05) is 18.2 Å². The van der Waals surface area contributed by atoms with Crippen LogP contribution in [0.3, 0.4) is 0 Å². The van der Waals surface area contributed by atoms with E-state index in [2.05, 4.69) is 0 Å². The molecular weight excluding hydrogens is 314 g/mol. The smallest absolute Gasteiger partial charge is 0.349 e. The number of fused-ring (bicyclic) bond motifs is 1. The van der Waals surface area contributed by atoms with Crippen molar-refractivity contribution in [2.24, 2.45) is 0 Å². The second kappa shape index (κ2) is 8.26. The summed E-state index contributed by atoms with van der Waals surface area (Å²) < 4.78 is 9.97. The minimum atomic E-state index is -0.752. The van der Waals surface area contributed by atoms with Crippen molar-refractivity contribution in [2.45, 2.75) is 13.3 Å². The van der Waals surface area contributed by atoms with Crippen LogP contribution in [0.5, 0.6) is 0 Å². The number of carbonyl (C=O) groups excluding carboxylic acids is 2. The number of nitrogens with zero attached hydrogens (tertiary/aromatic N) is 1. The first-order valence-electron chi connectivity index (χ1n) is 7.65. The normalized spacial score (nSPS) is 10.6. The number of benzene rings is 1. The van der Waals surface area contributed by atoms with Crippen LogP contribution >= 0.6 is 0 Å². The molecule has 2 rings (SSSR count). The summed E-state index contributed by atoms with van der Waals surface area (Å²) >= 11 is 0. The predicted octanol–water partition coefficient (Wildman–Crippen LogP) is 1.18. The van der Waals surface area contributed by atoms with Crippen molar-refractivity contribution in [1.29, 1.82) is 0 Å². The summed E-state index contributed by atoms with van der Waals surface area (Å²) in [5, 5.41) is 9.75. The summed E-state index contributed by atoms with van der Waals surface area (Å²) in [7, 11) is 0. The second-order valence-electron chi connectivity index (χ2n) is 5.06. The maximum atomic E-state index is 12.6. The van der Waals surface area contributed by atoms with Crippen LogP contribution in [0.25, 0.3) is 11.0 Å². The van der Waals surface area contributed by atoms with Crippen molar-refractivity contribution in [3.8, 4) is 0 Å². The van der Waals surface area contributed by atoms with Gasteiger partial charge in [0.15, 0.2) is 0 Å². The van der Waals surface area contributed by atoms with Gasteiger partial charge in [0, 0.05) is 18.5 Å². The lowest BCUT2D eigenvalue weighted by Gasteiger charge is -2.20. The topological polar surface area (TPSA) is 97.1 Å². The summed E-state index contributed by atoms with van der Waals surface area (Å²) in [5.41, 5.74) is -0.497. The first kappa shape index (κ1) is 17.7. The molecule has 1 aromatic heterocycles. The van der Waals surface area contributed by atoms with Crippen LogP contribution in [0.1, 0.15) is 23.7 Å². The molecule has 0 atom stereocenters. The standard InChI is InChI=1S/C17H19NO6/c1-2-23-15(20)7-8-18(9-10-19)16(21)13-11-12-5-3-4-6-14(12)24-17(13)22/h3-6,11,19H,2,7-10H2,1H3. The Morgan fingerprint density at radius 1 is 1.25 bits per heavy atom. The zero-order valence-corrected chi connectivity index (χ0v) is 13.4. The van der Waals surface area contributed by atoms with Crippen molar-refractivity contribution in [3.05, 3.63) is 46.3 Å². The third-order valence-electron chi connectivity index (χ3n) is 3.42. The highest BCUT2D eigenvalue weighted by Gasteiger charge is 2.21. The van der Waals surface area contributed by atoms with Gasteiger partial charge in [0.25, 0.3) is 5.91 Å². The molecule has 0 unspecified atom stereocenters. The molecular formula is C17H19NO6. The van der Waals surface area contributed by atoms with Gasteiger partial charge < -0.3 is 19.2 Å². The third kappa shape index (κ3) is 4.20. The molecule has 24 heavy (non-hydrogen) atoms. The lowest BCUT2D eigenvalue weighted by Crippen LogP contribution is -2.37. The molecule has 0 aliphatic rings. The molecule has 1 N–H and O–H groups in total. The minimum absolute atomic E-state index is 0.00447. The zero-order valence-electron chi connectivity index (χ0n) is 13.4. The molecule has 0 saturated carbocycles. The van der Waals surface area contributed by atoms with E-state index in [0.717, 1.165) is 0 Å². The maximum Gasteiger partial charge on any atom is 0.349 e. The number of aliphatic hydroxyl groups is 1. The van der Waals surface area contributed by atoms with Crippen LogP contribution in [0.15, 0.2) is 39.5 Å². The Bertz CT molecular complexity index is 782. The van der Waals surface area contributed by atoms with E-state index in [1.54, 1.807) is 31.2 Å². The van der Waals surface area contributed by atoms with Gasteiger partial charge in [-0.25, -0.2) is 4.79 Å². The van der Waals surface area contributed by atoms with Crippen LogP contribution in [0.4, 0.5) is 0 Å². The Labute approximate surface area is 138 Å². The summed E-state index contributed by atoms with van der Waals surface area (Å²) in [4.78, 5) is 37.3. The molecule has 1 amide bonds. The summed E-state index contributed by atoms with van der Waals surface area (Å²) in [6.45, 7) is 1.71. The molecule has 0 bridgehead atoms. The van der Waals surface area contributed by atoms with Gasteiger partial charge >= 0.3 is 11.6 Å². The van der Waals surface area contributed by atoms with Gasteiger partial charge in [0.1, 0.15) is 11.1 Å². The molecule has 2 aromatic rings. The number of hydrogen-bond donors (Lipinski definition) is 1. The fourth-order valence-corrected chi connectivity index (χ4v) is 2.28. The van der Waals surface area contributed by atoms with Crippen molar-refractivity contribution in [2.75, 3.05) is 26.3 Å². The van der Waals surface area contributed by atoms with Crippen molar-refractivity contribution < 1.29 is 23.8 Å². The molecule has 7 nitrogen and oxygen atoms in total. The molecule has 0 aliphatic carbocycles. The second-order valence-corrected chi connectivity index (χ2v) is 5.06. The molecule has 7 heteroatoms. The molecule has 0 saturated heterocycles. The number of esters is 1. The Kier molecular flexibility index (Phi) is 6.08. The first-order chi connectivity index (χ1) is 11.6. The van der Waals surface area contributed by atoms with Gasteiger partial charge in [-0.05, 0) is 19.1 Å². The van der Waals surface area contributed by atoms with E-state index in [1.165, 1.54) is 11.0 Å². The van der Waals surface area contributed by atoms with E-state index in [-0.39, 0.29) is 38.3 Å². The van der Waals surface area contributed by atoms with E-state index in [4.69, 9.17) is 14.3 Å². The fourth-order valence-electron chi connectivity index (χ4n) is 2.28. The van der Waals surface area contributed by atoms with E-state index in [0.29, 0.717) is 11.0 Å². The van der Waals surface area contributed by atoms with Crippen LogP contribution in [-0.4, -0.2) is 48.2 Å². The van der Waals surface area contributed by atoms with Crippen LogP contribution in [0.2, 0.25) is 0 Å². The minimum Gasteiger partial charge on any atom is -0.466 e. The Morgan fingerprint density at radius 3 is 2.71 bits per heavy atom. The number of aliphatic hydroxyl groups excluding tert-OH is 1. The monoisotopic (exact) mass is 333 g/mol. The van der Waals surface area contributed by atoms with E-state index in [1.807, 2.05) is 0 Å². The molecule has 1 aromatic carbocycles. The summed E-state index contributed by atoms with van der Waals surface area (Å²) in [6, 6.07) is 8.31. The van der Waals surface area contributed by atoms with Gasteiger partial charge in [-0.2, -0.15) is 0 Å². The van der Waals surface area contributed by atoms with Crippen molar-refractivity contribution in [1.82, 2.24) is 4.90 Å². The highest BCUT2D eigenvalue weighted by atomic mass is 16.5. The summed E-state index contributed by atoms with van der Waals surface area (Å²) in [5.74, 6) is -1.04. The lowest BCUT2D eigenvalue weighted by atomic mass is 10.1. The van der Waals surface area contributed by atoms with Crippen molar-refractivity contribution in [3.63, 3.8) is 0 Å². The molecule has 128 valence electrons. The van der Waals surface area contributed by atoms with Gasteiger partial charge in [-0.15, -0.1) is 0 Å². The SMILES string of the molecule is CCOC(=O)CCN(CCO)C(=O)c1cc2ccccc2oc1=O. The Hall–Kier alpha value is -2.67. The average molecular weight is 333 g/mol. The molecule has 0 spiro atoms. The van der Waals surface area contributed by atoms with Crippen LogP contribution < -0.4 is 5.63 Å². The number of ether oxygens (including phenoxy) is 1. The first-order valence-corrected chi connectivity index (χ1v) is 7.65. The highest BCUT2D eigenvalue weighted by molar-refractivity contribution is 5.96. The molecule has 1 heterocycles. The Morgan fingerprint density at radius 2 is 2.00 bits per heavy atom. The summed E-state index contributed by atoms with van der Waals surface area (Å²) in [6.07, 6.45) is -0.0154. The van der Waals surface area contributed by atoms with Crippen LogP contribution in [-0.2, 0) is 9.53 Å².